The van der Waals surface area contributed by atoms with Crippen molar-refractivity contribution < 1.29 is 26.7 Å². The lowest BCUT2D eigenvalue weighted by Gasteiger charge is -2.21. The van der Waals surface area contributed by atoms with Crippen molar-refractivity contribution in [1.82, 2.24) is 4.98 Å². The monoisotopic (exact) mass is 351 g/mol. The van der Waals surface area contributed by atoms with E-state index in [2.05, 4.69) is 4.98 Å². The maximum atomic E-state index is 13.6. The topological polar surface area (TPSA) is 22.1 Å². The van der Waals surface area contributed by atoms with E-state index in [1.807, 2.05) is 0 Å². The maximum absolute atomic E-state index is 13.6. The van der Waals surface area contributed by atoms with E-state index in [1.165, 1.54) is 18.3 Å². The highest BCUT2D eigenvalue weighted by Crippen LogP contribution is 2.39. The lowest BCUT2D eigenvalue weighted by Crippen LogP contribution is -2.24. The van der Waals surface area contributed by atoms with Gasteiger partial charge in [0.25, 0.3) is 5.92 Å². The molecular weight excluding hydrogens is 337 g/mol. The SMILES string of the molecule is CCOC(c1cnc(-c2ccc(C(F)(F)F)cc2)s1)C(C)(F)F. The van der Waals surface area contributed by atoms with Crippen LogP contribution >= 0.6 is 11.3 Å². The van der Waals surface area contributed by atoms with Crippen LogP contribution in [0.3, 0.4) is 0 Å². The zero-order valence-electron chi connectivity index (χ0n) is 12.3. The minimum atomic E-state index is -4.42. The summed E-state index contributed by atoms with van der Waals surface area (Å²) in [4.78, 5) is 4.25. The number of ether oxygens (including phenoxy) is 1. The first-order valence-corrected chi connectivity index (χ1v) is 7.57. The minimum Gasteiger partial charge on any atom is -0.367 e. The van der Waals surface area contributed by atoms with Gasteiger partial charge in [0.05, 0.1) is 10.4 Å². The van der Waals surface area contributed by atoms with E-state index in [9.17, 15) is 22.0 Å². The summed E-state index contributed by atoms with van der Waals surface area (Å²) in [6.07, 6.45) is -4.57. The quantitative estimate of drug-likeness (QED) is 0.658. The molecule has 1 aromatic heterocycles. The number of nitrogens with zero attached hydrogens (tertiary/aromatic N) is 1. The van der Waals surface area contributed by atoms with Gasteiger partial charge in [0, 0.05) is 25.3 Å². The molecule has 0 aliphatic heterocycles. The number of alkyl halides is 5. The van der Waals surface area contributed by atoms with Crippen molar-refractivity contribution in [3.63, 3.8) is 0 Å². The van der Waals surface area contributed by atoms with Gasteiger partial charge in [-0.1, -0.05) is 12.1 Å². The van der Waals surface area contributed by atoms with E-state index >= 15 is 0 Å². The van der Waals surface area contributed by atoms with Gasteiger partial charge in [-0.15, -0.1) is 11.3 Å². The predicted octanol–water partition coefficient (Wildman–Crippen LogP) is 5.56. The van der Waals surface area contributed by atoms with Crippen molar-refractivity contribution in [3.8, 4) is 10.6 Å². The molecule has 8 heteroatoms. The maximum Gasteiger partial charge on any atom is 0.416 e. The van der Waals surface area contributed by atoms with Crippen molar-refractivity contribution in [2.24, 2.45) is 0 Å². The average molecular weight is 351 g/mol. The van der Waals surface area contributed by atoms with Crippen molar-refractivity contribution in [2.45, 2.75) is 32.1 Å². The van der Waals surface area contributed by atoms with Gasteiger partial charge in [-0.3, -0.25) is 0 Å². The molecule has 126 valence electrons. The van der Waals surface area contributed by atoms with Gasteiger partial charge in [-0.2, -0.15) is 13.2 Å². The lowest BCUT2D eigenvalue weighted by atomic mass is 10.1. The summed E-state index contributed by atoms with van der Waals surface area (Å²) in [5.74, 6) is -3.08. The largest absolute Gasteiger partial charge is 0.416 e. The Morgan fingerprint density at radius 3 is 2.22 bits per heavy atom. The Kier molecular flexibility index (Phi) is 5.05. The molecular formula is C15H14F5NOS. The van der Waals surface area contributed by atoms with Crippen LogP contribution in [-0.4, -0.2) is 17.5 Å². The second-order valence-electron chi connectivity index (χ2n) is 4.93. The predicted molar refractivity (Wildman–Crippen MR) is 77.5 cm³/mol. The smallest absolute Gasteiger partial charge is 0.367 e. The summed E-state index contributed by atoms with van der Waals surface area (Å²) in [6, 6.07) is 4.41. The molecule has 1 unspecified atom stereocenters. The number of thiazole rings is 1. The van der Waals surface area contributed by atoms with E-state index in [0.717, 1.165) is 30.4 Å². The standard InChI is InChI=1S/C15H14F5NOS/c1-3-22-12(14(2,16)17)11-8-21-13(23-11)9-4-6-10(7-5-9)15(18,19)20/h4-8,12H,3H2,1-2H3. The summed E-state index contributed by atoms with van der Waals surface area (Å²) in [6.45, 7) is 2.48. The van der Waals surface area contributed by atoms with E-state index < -0.39 is 23.8 Å². The first-order valence-electron chi connectivity index (χ1n) is 6.75. The first kappa shape index (κ1) is 17.8. The van der Waals surface area contributed by atoms with Crippen molar-refractivity contribution in [2.75, 3.05) is 6.61 Å². The Labute approximate surface area is 133 Å². The molecule has 1 atom stereocenters. The van der Waals surface area contributed by atoms with Crippen LogP contribution < -0.4 is 0 Å². The summed E-state index contributed by atoms with van der Waals surface area (Å²) in [5.41, 5.74) is -0.339. The second-order valence-corrected chi connectivity index (χ2v) is 6.00. The van der Waals surface area contributed by atoms with Gasteiger partial charge in [-0.05, 0) is 19.1 Å². The molecule has 0 radical (unpaired) electrons. The van der Waals surface area contributed by atoms with Crippen molar-refractivity contribution in [1.29, 1.82) is 0 Å². The summed E-state index contributed by atoms with van der Waals surface area (Å²) >= 11 is 0.977. The molecule has 0 spiro atoms. The normalized spacial score (nSPS) is 14.0. The Bertz CT molecular complexity index is 645. The van der Waals surface area contributed by atoms with Gasteiger partial charge in [0.1, 0.15) is 5.01 Å². The molecule has 0 N–H and O–H groups in total. The first-order chi connectivity index (χ1) is 10.6. The van der Waals surface area contributed by atoms with E-state index in [0.29, 0.717) is 10.6 Å². The Morgan fingerprint density at radius 1 is 1.13 bits per heavy atom. The molecule has 2 rings (SSSR count). The molecule has 0 saturated heterocycles. The van der Waals surface area contributed by atoms with Crippen molar-refractivity contribution >= 4 is 11.3 Å². The molecule has 1 heterocycles. The number of hydrogen-bond donors (Lipinski definition) is 0. The molecule has 0 aliphatic rings. The highest BCUT2D eigenvalue weighted by Gasteiger charge is 2.37. The Balaban J connectivity index is 2.28. The third-order valence-corrected chi connectivity index (χ3v) is 4.12. The molecule has 23 heavy (non-hydrogen) atoms. The zero-order valence-corrected chi connectivity index (χ0v) is 13.1. The summed E-state index contributed by atoms with van der Waals surface area (Å²) in [5, 5.41) is 0.364. The molecule has 0 aliphatic carbocycles. The minimum absolute atomic E-state index is 0.113. The summed E-state index contributed by atoms with van der Waals surface area (Å²) < 4.78 is 69.9. The number of aromatic nitrogens is 1. The zero-order chi connectivity index (χ0) is 17.3. The average Bonchev–Trinajstić information content (AvgIpc) is 2.92. The van der Waals surface area contributed by atoms with Crippen LogP contribution in [-0.2, 0) is 10.9 Å². The fourth-order valence-corrected chi connectivity index (χ4v) is 3.06. The van der Waals surface area contributed by atoms with E-state index in [4.69, 9.17) is 4.74 Å². The molecule has 0 saturated carbocycles. The number of benzene rings is 1. The molecule has 1 aromatic carbocycles. The second kappa shape index (κ2) is 6.52. The highest BCUT2D eigenvalue weighted by molar-refractivity contribution is 7.15. The number of halogens is 5. The van der Waals surface area contributed by atoms with Crippen LogP contribution in [0, 0.1) is 0 Å². The van der Waals surface area contributed by atoms with Crippen LogP contribution in [0.5, 0.6) is 0 Å². The number of rotatable bonds is 5. The Hall–Kier alpha value is -1.54. The fraction of sp³-hybridized carbons (Fsp3) is 0.400. The van der Waals surface area contributed by atoms with Gasteiger partial charge >= 0.3 is 6.18 Å². The highest BCUT2D eigenvalue weighted by atomic mass is 32.1. The van der Waals surface area contributed by atoms with Crippen LogP contribution in [0.15, 0.2) is 30.5 Å². The van der Waals surface area contributed by atoms with Gasteiger partial charge in [0.2, 0.25) is 0 Å². The van der Waals surface area contributed by atoms with Crippen LogP contribution in [0.25, 0.3) is 10.6 Å². The van der Waals surface area contributed by atoms with Gasteiger partial charge in [-0.25, -0.2) is 13.8 Å². The van der Waals surface area contributed by atoms with Crippen LogP contribution in [0.4, 0.5) is 22.0 Å². The molecule has 0 amide bonds. The van der Waals surface area contributed by atoms with Crippen LogP contribution in [0.2, 0.25) is 0 Å². The molecule has 2 aromatic rings. The molecule has 0 fully saturated rings. The van der Waals surface area contributed by atoms with Crippen molar-refractivity contribution in [3.05, 3.63) is 40.9 Å². The van der Waals surface area contributed by atoms with Gasteiger partial charge < -0.3 is 4.74 Å². The third kappa shape index (κ3) is 4.26. The summed E-state index contributed by atoms with van der Waals surface area (Å²) in [7, 11) is 0. The van der Waals surface area contributed by atoms with Crippen LogP contribution in [0.1, 0.15) is 30.4 Å². The van der Waals surface area contributed by atoms with E-state index in [1.54, 1.807) is 6.92 Å². The molecule has 2 nitrogen and oxygen atoms in total. The Morgan fingerprint density at radius 2 is 1.74 bits per heavy atom. The fourth-order valence-electron chi connectivity index (χ4n) is 1.99. The molecule has 0 bridgehead atoms. The third-order valence-electron chi connectivity index (χ3n) is 3.03. The number of hydrogen-bond acceptors (Lipinski definition) is 3. The lowest BCUT2D eigenvalue weighted by molar-refractivity contribution is -0.137. The van der Waals surface area contributed by atoms with E-state index in [-0.39, 0.29) is 11.5 Å². The van der Waals surface area contributed by atoms with Gasteiger partial charge in [0.15, 0.2) is 6.10 Å².